The minimum absolute atomic E-state index is 0.290. The zero-order valence-corrected chi connectivity index (χ0v) is 22.2. The third-order valence-electron chi connectivity index (χ3n) is 6.57. The minimum Gasteiger partial charge on any atom is -0.404 e. The molecule has 0 amide bonds. The van der Waals surface area contributed by atoms with Crippen LogP contribution in [0.1, 0.15) is 17.7 Å². The van der Waals surface area contributed by atoms with E-state index in [0.29, 0.717) is 17.1 Å². The quantitative estimate of drug-likeness (QED) is 0.157. The number of hydrogen-bond acceptors (Lipinski definition) is 4. The van der Waals surface area contributed by atoms with Crippen LogP contribution in [-0.4, -0.2) is 15.0 Å². The van der Waals surface area contributed by atoms with E-state index in [1.165, 1.54) is 0 Å². The molecule has 38 heavy (non-hydrogen) atoms. The van der Waals surface area contributed by atoms with Gasteiger partial charge < -0.3 is 17.2 Å². The molecule has 0 fully saturated rings. The van der Waals surface area contributed by atoms with Gasteiger partial charge in [0.25, 0.3) is 0 Å². The van der Waals surface area contributed by atoms with Gasteiger partial charge in [0.2, 0.25) is 0 Å². The van der Waals surface area contributed by atoms with E-state index in [-0.39, 0.29) is 4.99 Å². The number of pyridine rings is 1. The van der Waals surface area contributed by atoms with Crippen molar-refractivity contribution in [1.82, 2.24) is 4.98 Å². The lowest BCUT2D eigenvalue weighted by Crippen LogP contribution is -2.10. The number of nitrogens with two attached hydrogens (primary N) is 3. The highest BCUT2D eigenvalue weighted by Crippen LogP contribution is 2.40. The van der Waals surface area contributed by atoms with E-state index < -0.39 is 0 Å². The lowest BCUT2D eigenvalue weighted by molar-refractivity contribution is 1.29. The van der Waals surface area contributed by atoms with Gasteiger partial charge in [0, 0.05) is 24.4 Å². The van der Waals surface area contributed by atoms with Crippen molar-refractivity contribution in [3.63, 3.8) is 0 Å². The molecule has 0 radical (unpaired) electrons. The Bertz CT molecular complexity index is 1750. The Morgan fingerprint density at radius 1 is 0.711 bits per heavy atom. The van der Waals surface area contributed by atoms with E-state index in [4.69, 9.17) is 41.6 Å². The molecule has 0 bridgehead atoms. The van der Waals surface area contributed by atoms with Gasteiger partial charge in [0.05, 0.1) is 10.7 Å². The minimum atomic E-state index is 0.290. The first-order valence-electron chi connectivity index (χ1n) is 12.1. The first-order chi connectivity index (χ1) is 18.5. The number of hydrogen-bond donors (Lipinski definition) is 3. The second-order valence-corrected chi connectivity index (χ2v) is 9.87. The average Bonchev–Trinajstić information content (AvgIpc) is 2.94. The first-order valence-corrected chi connectivity index (χ1v) is 13.0. The van der Waals surface area contributed by atoms with E-state index in [0.717, 1.165) is 54.9 Å². The molecule has 0 spiro atoms. The van der Waals surface area contributed by atoms with Crippen LogP contribution < -0.4 is 17.2 Å². The fourth-order valence-corrected chi connectivity index (χ4v) is 5.02. The van der Waals surface area contributed by atoms with Gasteiger partial charge in [-0.15, -0.1) is 0 Å². The maximum atomic E-state index is 6.04. The molecule has 1 aromatic heterocycles. The highest BCUT2D eigenvalue weighted by atomic mass is 32.1. The molecule has 0 saturated carbocycles. The third kappa shape index (κ3) is 4.92. The van der Waals surface area contributed by atoms with Crippen molar-refractivity contribution in [2.24, 2.45) is 17.2 Å². The summed E-state index contributed by atoms with van der Waals surface area (Å²) in [6.07, 6.45) is 7.89. The lowest BCUT2D eigenvalue weighted by Gasteiger charge is -2.16. The normalized spacial score (nSPS) is 11.8. The summed E-state index contributed by atoms with van der Waals surface area (Å²) >= 11 is 10.1. The van der Waals surface area contributed by atoms with Crippen molar-refractivity contribution in [1.29, 1.82) is 0 Å². The molecule has 6 N–H and O–H groups in total. The smallest absolute Gasteiger partial charge is 0.122 e. The van der Waals surface area contributed by atoms with Crippen molar-refractivity contribution in [3.05, 3.63) is 121 Å². The van der Waals surface area contributed by atoms with Gasteiger partial charge in [-0.1, -0.05) is 115 Å². The highest BCUT2D eigenvalue weighted by Gasteiger charge is 2.14. The topological polar surface area (TPSA) is 91.0 Å². The molecule has 0 aliphatic heterocycles. The number of fused-ring (bicyclic) bond motifs is 2. The summed E-state index contributed by atoms with van der Waals surface area (Å²) in [7, 11) is 0. The van der Waals surface area contributed by atoms with Crippen molar-refractivity contribution in [2.45, 2.75) is 6.42 Å². The van der Waals surface area contributed by atoms with Gasteiger partial charge in [0.15, 0.2) is 0 Å². The molecule has 0 saturated heterocycles. The summed E-state index contributed by atoms with van der Waals surface area (Å²) in [5.41, 5.74) is 24.4. The number of aromatic nitrogens is 1. The molecule has 6 heteroatoms. The highest BCUT2D eigenvalue weighted by molar-refractivity contribution is 7.80. The summed E-state index contributed by atoms with van der Waals surface area (Å²) < 4.78 is 0. The maximum Gasteiger partial charge on any atom is 0.122 e. The summed E-state index contributed by atoms with van der Waals surface area (Å²) in [4.78, 5) is 5.18. The van der Waals surface area contributed by atoms with Crippen LogP contribution >= 0.6 is 24.4 Å². The van der Waals surface area contributed by atoms with Gasteiger partial charge in [-0.3, -0.25) is 4.98 Å². The van der Waals surface area contributed by atoms with Gasteiger partial charge >= 0.3 is 0 Å². The Morgan fingerprint density at radius 2 is 1.29 bits per heavy atom. The largest absolute Gasteiger partial charge is 0.404 e. The lowest BCUT2D eigenvalue weighted by atomic mass is 9.88. The molecule has 5 rings (SSSR count). The Balaban J connectivity index is 1.66. The number of allylic oxidation sites excluding steroid dienone is 2. The van der Waals surface area contributed by atoms with Gasteiger partial charge in [0.1, 0.15) is 4.99 Å². The van der Waals surface area contributed by atoms with Crippen LogP contribution in [0, 0.1) is 0 Å². The second-order valence-electron chi connectivity index (χ2n) is 8.90. The predicted molar refractivity (Wildman–Crippen MR) is 169 cm³/mol. The molecular weight excluding hydrogens is 505 g/mol. The SMILES string of the molecule is N/C=C(\C=C/CC(N)=S)c1ccc(-c2ccc(-c3ccc(C(N)=S)nc3)c3ccccc23)c2ccccc12. The number of nitrogens with zero attached hydrogens (tertiary/aromatic N) is 1. The van der Waals surface area contributed by atoms with Gasteiger partial charge in [-0.05, 0) is 55.4 Å². The summed E-state index contributed by atoms with van der Waals surface area (Å²) in [5.74, 6) is 0. The van der Waals surface area contributed by atoms with Crippen molar-refractivity contribution < 1.29 is 0 Å². The van der Waals surface area contributed by atoms with E-state index in [2.05, 4.69) is 71.7 Å². The molecule has 0 aliphatic rings. The fourth-order valence-electron chi connectivity index (χ4n) is 4.81. The number of thiocarbonyl (C=S) groups is 2. The number of benzene rings is 4. The average molecular weight is 531 g/mol. The Hall–Kier alpha value is -4.39. The Morgan fingerprint density at radius 3 is 1.87 bits per heavy atom. The fraction of sp³-hybridized carbons (Fsp3) is 0.0312. The van der Waals surface area contributed by atoms with Crippen LogP contribution in [-0.2, 0) is 0 Å². The molecule has 186 valence electrons. The monoisotopic (exact) mass is 530 g/mol. The van der Waals surface area contributed by atoms with Crippen LogP contribution in [0.2, 0.25) is 0 Å². The summed E-state index contributed by atoms with van der Waals surface area (Å²) in [6, 6.07) is 29.4. The standard InChI is InChI=1S/C32H26N4S2/c33-18-20(6-5-11-31(34)37)22-13-15-28(26-9-3-1-7-24(22)26)29-16-14-23(25-8-2-4-10-27(25)29)21-12-17-30(32(35)38)36-19-21/h1-10,12-19H,11,33H2,(H2,34,37)(H2,35,38)/b6-5-,20-18+. The van der Waals surface area contributed by atoms with Crippen LogP contribution in [0.15, 0.2) is 109 Å². The van der Waals surface area contributed by atoms with E-state index in [9.17, 15) is 0 Å². The summed E-state index contributed by atoms with van der Waals surface area (Å²) in [6.45, 7) is 0. The second kappa shape index (κ2) is 10.9. The zero-order chi connectivity index (χ0) is 26.6. The van der Waals surface area contributed by atoms with E-state index >= 15 is 0 Å². The summed E-state index contributed by atoms with van der Waals surface area (Å²) in [5, 5.41) is 4.57. The Labute approximate surface area is 232 Å². The molecule has 4 aromatic carbocycles. The van der Waals surface area contributed by atoms with Crippen molar-refractivity contribution in [2.75, 3.05) is 0 Å². The van der Waals surface area contributed by atoms with Crippen LogP contribution in [0.3, 0.4) is 0 Å². The zero-order valence-electron chi connectivity index (χ0n) is 20.6. The Kier molecular flexibility index (Phi) is 7.26. The van der Waals surface area contributed by atoms with Gasteiger partial charge in [-0.25, -0.2) is 0 Å². The first kappa shape index (κ1) is 25.3. The van der Waals surface area contributed by atoms with Gasteiger partial charge in [-0.2, -0.15) is 0 Å². The third-order valence-corrected chi connectivity index (χ3v) is 6.95. The number of rotatable bonds is 7. The van der Waals surface area contributed by atoms with Crippen LogP contribution in [0.4, 0.5) is 0 Å². The van der Waals surface area contributed by atoms with Crippen molar-refractivity contribution in [3.8, 4) is 22.3 Å². The predicted octanol–water partition coefficient (Wildman–Crippen LogP) is 6.89. The van der Waals surface area contributed by atoms with Crippen molar-refractivity contribution >= 4 is 61.5 Å². The van der Waals surface area contributed by atoms with E-state index in [1.54, 1.807) is 6.20 Å². The molecule has 0 unspecified atom stereocenters. The van der Waals surface area contributed by atoms with Crippen LogP contribution in [0.25, 0.3) is 49.4 Å². The molecule has 0 aliphatic carbocycles. The molecule has 1 heterocycles. The molecular formula is C32H26N4S2. The van der Waals surface area contributed by atoms with Crippen LogP contribution in [0.5, 0.6) is 0 Å². The van der Waals surface area contributed by atoms with E-state index in [1.807, 2.05) is 36.5 Å². The maximum absolute atomic E-state index is 6.04. The molecule has 0 atom stereocenters. The molecule has 5 aromatic rings. The molecule has 4 nitrogen and oxygen atoms in total.